The van der Waals surface area contributed by atoms with Gasteiger partial charge in [-0.2, -0.15) is 0 Å². The number of aliphatic hydroxyl groups is 1. The molecule has 20 heavy (non-hydrogen) atoms. The molecule has 0 amide bonds. The van der Waals surface area contributed by atoms with Crippen molar-refractivity contribution < 1.29 is 9.84 Å². The van der Waals surface area contributed by atoms with Gasteiger partial charge in [-0.25, -0.2) is 0 Å². The Morgan fingerprint density at radius 2 is 2.15 bits per heavy atom. The number of benzene rings is 1. The highest BCUT2D eigenvalue weighted by Gasteiger charge is 2.24. The molecule has 2 aromatic rings. The van der Waals surface area contributed by atoms with Crippen molar-refractivity contribution in [2.24, 2.45) is 0 Å². The van der Waals surface area contributed by atoms with Crippen LogP contribution in [-0.2, 0) is 10.3 Å². The summed E-state index contributed by atoms with van der Waals surface area (Å²) >= 11 is 0. The van der Waals surface area contributed by atoms with Crippen LogP contribution in [0.25, 0.3) is 10.8 Å². The second-order valence-electron chi connectivity index (χ2n) is 5.17. The largest absolute Gasteiger partial charge is 0.385 e. The van der Waals surface area contributed by atoms with Crippen molar-refractivity contribution in [2.75, 3.05) is 26.8 Å². The maximum Gasteiger partial charge on any atom is 0.0886 e. The molecule has 4 nitrogen and oxygen atoms in total. The third-order valence-corrected chi connectivity index (χ3v) is 3.53. The van der Waals surface area contributed by atoms with Gasteiger partial charge >= 0.3 is 0 Å². The number of methoxy groups -OCH3 is 1. The van der Waals surface area contributed by atoms with E-state index in [1.165, 1.54) is 0 Å². The second kappa shape index (κ2) is 6.79. The van der Waals surface area contributed by atoms with Gasteiger partial charge in [0, 0.05) is 31.4 Å². The van der Waals surface area contributed by atoms with Crippen LogP contribution in [0.5, 0.6) is 0 Å². The minimum Gasteiger partial charge on any atom is -0.385 e. The van der Waals surface area contributed by atoms with Gasteiger partial charge in [0.2, 0.25) is 0 Å². The molecule has 1 atom stereocenters. The fraction of sp³-hybridized carbons (Fsp3) is 0.438. The summed E-state index contributed by atoms with van der Waals surface area (Å²) in [5.41, 5.74) is 0.0898. The number of nitrogens with zero attached hydrogens (tertiary/aromatic N) is 1. The first-order valence-electron chi connectivity index (χ1n) is 6.90. The topological polar surface area (TPSA) is 54.4 Å². The van der Waals surface area contributed by atoms with Gasteiger partial charge in [0.05, 0.1) is 12.2 Å². The molecule has 0 aliphatic rings. The Labute approximate surface area is 119 Å². The highest BCUT2D eigenvalue weighted by molar-refractivity contribution is 5.85. The molecule has 0 bridgehead atoms. The van der Waals surface area contributed by atoms with Crippen molar-refractivity contribution in [3.8, 4) is 0 Å². The predicted octanol–water partition coefficient (Wildman–Crippen LogP) is 2.07. The predicted molar refractivity (Wildman–Crippen MR) is 80.7 cm³/mol. The summed E-state index contributed by atoms with van der Waals surface area (Å²) in [4.78, 5) is 4.12. The number of hydrogen-bond acceptors (Lipinski definition) is 4. The van der Waals surface area contributed by atoms with E-state index in [1.807, 2.05) is 37.4 Å². The van der Waals surface area contributed by atoms with Crippen LogP contribution < -0.4 is 5.32 Å². The summed E-state index contributed by atoms with van der Waals surface area (Å²) in [7, 11) is 1.68. The lowest BCUT2D eigenvalue weighted by Crippen LogP contribution is -2.29. The van der Waals surface area contributed by atoms with Crippen LogP contribution in [0.15, 0.2) is 36.7 Å². The lowest BCUT2D eigenvalue weighted by molar-refractivity contribution is 0.0490. The molecule has 0 saturated heterocycles. The van der Waals surface area contributed by atoms with E-state index in [9.17, 15) is 5.11 Å². The normalized spacial score (nSPS) is 14.3. The van der Waals surface area contributed by atoms with Gasteiger partial charge in [0.1, 0.15) is 0 Å². The van der Waals surface area contributed by atoms with Crippen molar-refractivity contribution in [1.29, 1.82) is 0 Å². The molecule has 108 valence electrons. The third-order valence-electron chi connectivity index (χ3n) is 3.53. The second-order valence-corrected chi connectivity index (χ2v) is 5.17. The zero-order valence-electron chi connectivity index (χ0n) is 12.1. The van der Waals surface area contributed by atoms with Crippen LogP contribution >= 0.6 is 0 Å². The van der Waals surface area contributed by atoms with E-state index in [-0.39, 0.29) is 0 Å². The lowest BCUT2D eigenvalue weighted by Gasteiger charge is -2.25. The molecular formula is C16H22N2O2. The molecule has 1 aromatic carbocycles. The van der Waals surface area contributed by atoms with Crippen LogP contribution in [-0.4, -0.2) is 36.9 Å². The molecule has 2 N–H and O–H groups in total. The van der Waals surface area contributed by atoms with Crippen molar-refractivity contribution >= 4 is 10.8 Å². The third kappa shape index (κ3) is 3.54. The van der Waals surface area contributed by atoms with E-state index in [2.05, 4.69) is 10.3 Å². The number of nitrogens with one attached hydrogen (secondary N) is 1. The zero-order chi connectivity index (χ0) is 14.4. The summed E-state index contributed by atoms with van der Waals surface area (Å²) in [6.07, 6.45) is 4.24. The van der Waals surface area contributed by atoms with Crippen molar-refractivity contribution in [2.45, 2.75) is 18.9 Å². The van der Waals surface area contributed by atoms with E-state index < -0.39 is 5.60 Å². The number of aromatic nitrogens is 1. The Balaban J connectivity index is 2.11. The Bertz CT molecular complexity index is 550. The Morgan fingerprint density at radius 3 is 2.95 bits per heavy atom. The molecule has 0 aliphatic heterocycles. The Morgan fingerprint density at radius 1 is 1.30 bits per heavy atom. The zero-order valence-corrected chi connectivity index (χ0v) is 12.1. The van der Waals surface area contributed by atoms with Gasteiger partial charge < -0.3 is 15.2 Å². The van der Waals surface area contributed by atoms with Crippen molar-refractivity contribution in [3.05, 3.63) is 42.2 Å². The molecule has 4 heteroatoms. The van der Waals surface area contributed by atoms with E-state index in [0.717, 1.165) is 29.4 Å². The Hall–Kier alpha value is -1.49. The minimum absolute atomic E-state index is 0.651. The highest BCUT2D eigenvalue weighted by Crippen LogP contribution is 2.30. The monoisotopic (exact) mass is 274 g/mol. The average molecular weight is 274 g/mol. The molecule has 0 spiro atoms. The molecule has 0 saturated carbocycles. The van der Waals surface area contributed by atoms with Crippen molar-refractivity contribution in [3.63, 3.8) is 0 Å². The highest BCUT2D eigenvalue weighted by atomic mass is 16.5. The first-order chi connectivity index (χ1) is 9.65. The molecular weight excluding hydrogens is 252 g/mol. The lowest BCUT2D eigenvalue weighted by atomic mass is 9.89. The average Bonchev–Trinajstić information content (AvgIpc) is 2.46. The number of hydrogen-bond donors (Lipinski definition) is 2. The first kappa shape index (κ1) is 14.9. The smallest absolute Gasteiger partial charge is 0.0886 e. The molecule has 1 heterocycles. The Kier molecular flexibility index (Phi) is 5.06. The van der Waals surface area contributed by atoms with Crippen LogP contribution in [0.2, 0.25) is 0 Å². The van der Waals surface area contributed by atoms with E-state index >= 15 is 0 Å². The van der Waals surface area contributed by atoms with Gasteiger partial charge in [-0.05, 0) is 36.9 Å². The summed E-state index contributed by atoms with van der Waals surface area (Å²) < 4.78 is 4.98. The molecule has 2 rings (SSSR count). The summed E-state index contributed by atoms with van der Waals surface area (Å²) in [6, 6.07) is 7.92. The van der Waals surface area contributed by atoms with Crippen LogP contribution in [0.1, 0.15) is 18.9 Å². The molecule has 0 aliphatic carbocycles. The molecule has 0 fully saturated rings. The van der Waals surface area contributed by atoms with Gasteiger partial charge in [0.25, 0.3) is 0 Å². The van der Waals surface area contributed by atoms with Crippen LogP contribution in [0, 0.1) is 0 Å². The summed E-state index contributed by atoms with van der Waals surface area (Å²) in [5, 5.41) is 16.1. The van der Waals surface area contributed by atoms with Gasteiger partial charge in [-0.1, -0.05) is 18.2 Å². The van der Waals surface area contributed by atoms with Gasteiger partial charge in [0.15, 0.2) is 0 Å². The number of rotatable bonds is 7. The van der Waals surface area contributed by atoms with Gasteiger partial charge in [-0.3, -0.25) is 4.98 Å². The minimum atomic E-state index is -0.860. The fourth-order valence-corrected chi connectivity index (χ4v) is 2.36. The summed E-state index contributed by atoms with van der Waals surface area (Å²) in [5.74, 6) is 0. The standard InChI is InChI=1S/C16H22N2O2/c1-16(19,7-9-17-10-11-20-2)15-5-3-4-13-12-18-8-6-14(13)15/h3-6,8,12,17,19H,7,9-11H2,1-2H3. The van der Waals surface area contributed by atoms with E-state index in [4.69, 9.17) is 4.74 Å². The SMILES string of the molecule is COCCNCCC(C)(O)c1cccc2cnccc12. The van der Waals surface area contributed by atoms with E-state index in [1.54, 1.807) is 13.3 Å². The maximum absolute atomic E-state index is 10.7. The first-order valence-corrected chi connectivity index (χ1v) is 6.90. The number of ether oxygens (including phenoxy) is 1. The summed E-state index contributed by atoms with van der Waals surface area (Å²) in [6.45, 7) is 4.09. The van der Waals surface area contributed by atoms with Gasteiger partial charge in [-0.15, -0.1) is 0 Å². The fourth-order valence-electron chi connectivity index (χ4n) is 2.36. The number of pyridine rings is 1. The van der Waals surface area contributed by atoms with Crippen molar-refractivity contribution in [1.82, 2.24) is 10.3 Å². The van der Waals surface area contributed by atoms with E-state index in [0.29, 0.717) is 13.0 Å². The maximum atomic E-state index is 10.7. The molecule has 1 unspecified atom stereocenters. The molecule has 0 radical (unpaired) electrons. The van der Waals surface area contributed by atoms with Crippen LogP contribution in [0.3, 0.4) is 0 Å². The van der Waals surface area contributed by atoms with Crippen LogP contribution in [0.4, 0.5) is 0 Å². The molecule has 1 aromatic heterocycles. The quantitative estimate of drug-likeness (QED) is 0.759. The number of fused-ring (bicyclic) bond motifs is 1.